The summed E-state index contributed by atoms with van der Waals surface area (Å²) in [6, 6.07) is 3.96. The van der Waals surface area contributed by atoms with Gasteiger partial charge in [-0.1, -0.05) is 13.0 Å². The van der Waals surface area contributed by atoms with Crippen molar-refractivity contribution in [2.45, 2.75) is 51.3 Å². The normalized spacial score (nSPS) is 25.3. The third-order valence-electron chi connectivity index (χ3n) is 3.74. The summed E-state index contributed by atoms with van der Waals surface area (Å²) in [6.45, 7) is 4.76. The van der Waals surface area contributed by atoms with E-state index in [9.17, 15) is 8.78 Å². The second-order valence-electron chi connectivity index (χ2n) is 5.18. The minimum absolute atomic E-state index is 0.124. The fourth-order valence-electron chi connectivity index (χ4n) is 2.61. The van der Waals surface area contributed by atoms with Gasteiger partial charge in [-0.25, -0.2) is 8.78 Å². The Bertz CT molecular complexity index is 425. The highest BCUT2D eigenvalue weighted by molar-refractivity contribution is 5.21. The lowest BCUT2D eigenvalue weighted by molar-refractivity contribution is -0.00170. The monoisotopic (exact) mass is 269 g/mol. The van der Waals surface area contributed by atoms with Gasteiger partial charge in [0.1, 0.15) is 11.6 Å². The predicted molar refractivity (Wildman–Crippen MR) is 71.0 cm³/mol. The van der Waals surface area contributed by atoms with Crippen molar-refractivity contribution in [1.82, 2.24) is 5.32 Å². The summed E-state index contributed by atoms with van der Waals surface area (Å²) in [7, 11) is 0. The molecule has 0 saturated carbocycles. The molecule has 2 nitrogen and oxygen atoms in total. The molecule has 1 aromatic rings. The summed E-state index contributed by atoms with van der Waals surface area (Å²) in [5.41, 5.74) is 0.515. The number of nitrogens with one attached hydrogen (secondary N) is 1. The van der Waals surface area contributed by atoms with E-state index >= 15 is 0 Å². The zero-order valence-corrected chi connectivity index (χ0v) is 11.5. The van der Waals surface area contributed by atoms with Gasteiger partial charge < -0.3 is 10.1 Å². The molecule has 19 heavy (non-hydrogen) atoms. The topological polar surface area (TPSA) is 21.3 Å². The first-order valence-corrected chi connectivity index (χ1v) is 6.92. The van der Waals surface area contributed by atoms with Crippen LogP contribution in [0.15, 0.2) is 18.2 Å². The molecule has 1 aliphatic heterocycles. The van der Waals surface area contributed by atoms with Crippen molar-refractivity contribution in [2.24, 2.45) is 0 Å². The van der Waals surface area contributed by atoms with Gasteiger partial charge in [0.25, 0.3) is 0 Å². The largest absolute Gasteiger partial charge is 0.378 e. The lowest BCUT2D eigenvalue weighted by atomic mass is 9.99. The van der Waals surface area contributed by atoms with Crippen molar-refractivity contribution < 1.29 is 13.5 Å². The molecule has 0 spiro atoms. The van der Waals surface area contributed by atoms with Crippen molar-refractivity contribution in [3.8, 4) is 0 Å². The minimum Gasteiger partial charge on any atom is -0.378 e. The minimum atomic E-state index is -0.537. The summed E-state index contributed by atoms with van der Waals surface area (Å²) in [6.07, 6.45) is 3.17. The molecule has 3 atom stereocenters. The van der Waals surface area contributed by atoms with E-state index < -0.39 is 11.6 Å². The number of hydrogen-bond acceptors (Lipinski definition) is 2. The Labute approximate surface area is 113 Å². The van der Waals surface area contributed by atoms with Crippen LogP contribution in [0.4, 0.5) is 8.78 Å². The van der Waals surface area contributed by atoms with Crippen molar-refractivity contribution in [3.63, 3.8) is 0 Å². The average molecular weight is 269 g/mol. The average Bonchev–Trinajstić information content (AvgIpc) is 2.38. The number of halogens is 2. The van der Waals surface area contributed by atoms with Crippen LogP contribution in [0.2, 0.25) is 0 Å². The maximum atomic E-state index is 13.7. The molecule has 1 saturated heterocycles. The van der Waals surface area contributed by atoms with E-state index in [1.807, 2.05) is 6.92 Å². The standard InChI is InChI=1S/C15H21F2NO/c1-3-13-9-12(6-7-19-13)18-10(2)14-5-4-11(16)8-15(14)17/h4-5,8,10,12-13,18H,3,6-7,9H2,1-2H3. The first-order valence-electron chi connectivity index (χ1n) is 6.92. The van der Waals surface area contributed by atoms with Crippen LogP contribution in [0.1, 0.15) is 44.7 Å². The van der Waals surface area contributed by atoms with E-state index in [1.165, 1.54) is 12.1 Å². The van der Waals surface area contributed by atoms with Crippen LogP contribution in [-0.4, -0.2) is 18.8 Å². The van der Waals surface area contributed by atoms with E-state index in [1.54, 1.807) is 0 Å². The van der Waals surface area contributed by atoms with Gasteiger partial charge in [-0.15, -0.1) is 0 Å². The Hall–Kier alpha value is -1.00. The molecule has 0 radical (unpaired) electrons. The molecule has 0 aliphatic carbocycles. The van der Waals surface area contributed by atoms with Crippen molar-refractivity contribution in [2.75, 3.05) is 6.61 Å². The fourth-order valence-corrected chi connectivity index (χ4v) is 2.61. The molecule has 0 bridgehead atoms. The van der Waals surface area contributed by atoms with Crippen molar-refractivity contribution in [1.29, 1.82) is 0 Å². The highest BCUT2D eigenvalue weighted by Crippen LogP contribution is 2.22. The van der Waals surface area contributed by atoms with Crippen molar-refractivity contribution in [3.05, 3.63) is 35.4 Å². The van der Waals surface area contributed by atoms with E-state index in [4.69, 9.17) is 4.74 Å². The zero-order valence-electron chi connectivity index (χ0n) is 11.5. The van der Waals surface area contributed by atoms with Gasteiger partial charge in [0.2, 0.25) is 0 Å². The Kier molecular flexibility index (Phi) is 4.88. The molecule has 1 fully saturated rings. The highest BCUT2D eigenvalue weighted by atomic mass is 19.1. The lowest BCUT2D eigenvalue weighted by Crippen LogP contribution is -2.40. The SMILES string of the molecule is CCC1CC(NC(C)c2ccc(F)cc2F)CCO1. The first kappa shape index (κ1) is 14.4. The molecular weight excluding hydrogens is 248 g/mol. The van der Waals surface area contributed by atoms with Gasteiger partial charge >= 0.3 is 0 Å². The van der Waals surface area contributed by atoms with E-state index in [0.717, 1.165) is 31.9 Å². The van der Waals surface area contributed by atoms with Crippen LogP contribution in [0, 0.1) is 11.6 Å². The van der Waals surface area contributed by atoms with Gasteiger partial charge in [-0.2, -0.15) is 0 Å². The Morgan fingerprint density at radius 3 is 2.89 bits per heavy atom. The molecule has 0 amide bonds. The molecule has 1 heterocycles. The Balaban J connectivity index is 1.98. The number of benzene rings is 1. The van der Waals surface area contributed by atoms with Crippen molar-refractivity contribution >= 4 is 0 Å². The molecule has 106 valence electrons. The van der Waals surface area contributed by atoms with Gasteiger partial charge in [-0.3, -0.25) is 0 Å². The third-order valence-corrected chi connectivity index (χ3v) is 3.74. The highest BCUT2D eigenvalue weighted by Gasteiger charge is 2.23. The van der Waals surface area contributed by atoms with E-state index in [0.29, 0.717) is 11.6 Å². The molecule has 1 aromatic carbocycles. The van der Waals surface area contributed by atoms with Gasteiger partial charge in [0, 0.05) is 30.3 Å². The van der Waals surface area contributed by atoms with E-state index in [-0.39, 0.29) is 12.1 Å². The Morgan fingerprint density at radius 2 is 2.21 bits per heavy atom. The molecular formula is C15H21F2NO. The van der Waals surface area contributed by atoms with Gasteiger partial charge in [0.15, 0.2) is 0 Å². The molecule has 0 aromatic heterocycles. The molecule has 4 heteroatoms. The lowest BCUT2D eigenvalue weighted by Gasteiger charge is -2.32. The molecule has 3 unspecified atom stereocenters. The summed E-state index contributed by atoms with van der Waals surface area (Å²) in [5, 5.41) is 3.42. The predicted octanol–water partition coefficient (Wildman–Crippen LogP) is 3.57. The fraction of sp³-hybridized carbons (Fsp3) is 0.600. The van der Waals surface area contributed by atoms with Gasteiger partial charge in [0.05, 0.1) is 6.10 Å². The smallest absolute Gasteiger partial charge is 0.130 e. The number of hydrogen-bond donors (Lipinski definition) is 1. The van der Waals surface area contributed by atoms with Crippen LogP contribution >= 0.6 is 0 Å². The number of rotatable bonds is 4. The molecule has 1 N–H and O–H groups in total. The molecule has 1 aliphatic rings. The van der Waals surface area contributed by atoms with Crippen LogP contribution in [0.5, 0.6) is 0 Å². The summed E-state index contributed by atoms with van der Waals surface area (Å²) < 4.78 is 32.2. The molecule has 2 rings (SSSR count). The van der Waals surface area contributed by atoms with Crippen LogP contribution in [0.25, 0.3) is 0 Å². The number of ether oxygens (including phenoxy) is 1. The third kappa shape index (κ3) is 3.74. The summed E-state index contributed by atoms with van der Waals surface area (Å²) in [5.74, 6) is -1.02. The quantitative estimate of drug-likeness (QED) is 0.902. The van der Waals surface area contributed by atoms with E-state index in [2.05, 4.69) is 12.2 Å². The summed E-state index contributed by atoms with van der Waals surface area (Å²) in [4.78, 5) is 0. The first-order chi connectivity index (χ1) is 9.10. The Morgan fingerprint density at radius 1 is 1.42 bits per heavy atom. The van der Waals surface area contributed by atoms with Crippen LogP contribution < -0.4 is 5.32 Å². The maximum absolute atomic E-state index is 13.7. The summed E-state index contributed by atoms with van der Waals surface area (Å²) >= 11 is 0. The maximum Gasteiger partial charge on any atom is 0.130 e. The second kappa shape index (κ2) is 6.44. The van der Waals surface area contributed by atoms with Gasteiger partial charge in [-0.05, 0) is 32.3 Å². The van der Waals surface area contributed by atoms with Crippen LogP contribution in [0.3, 0.4) is 0 Å². The van der Waals surface area contributed by atoms with Crippen LogP contribution in [-0.2, 0) is 4.74 Å². The zero-order chi connectivity index (χ0) is 13.8. The second-order valence-corrected chi connectivity index (χ2v) is 5.18.